The van der Waals surface area contributed by atoms with Gasteiger partial charge in [0.25, 0.3) is 0 Å². The van der Waals surface area contributed by atoms with Crippen LogP contribution < -0.4 is 38.6 Å². The van der Waals surface area contributed by atoms with Crippen molar-refractivity contribution in [2.24, 2.45) is 0 Å². The Bertz CT molecular complexity index is 1180. The minimum absolute atomic E-state index is 0.0137. The lowest BCUT2D eigenvalue weighted by Gasteiger charge is -2.19. The predicted molar refractivity (Wildman–Crippen MR) is 118 cm³/mol. The summed E-state index contributed by atoms with van der Waals surface area (Å²) in [5, 5.41) is 0.106. The molecule has 0 bridgehead atoms. The van der Waals surface area contributed by atoms with E-state index in [1.807, 2.05) is 0 Å². The molecule has 3 aromatic rings. The average molecular weight is 446 g/mol. The summed E-state index contributed by atoms with van der Waals surface area (Å²) >= 11 is 0. The van der Waals surface area contributed by atoms with Gasteiger partial charge in [-0.3, -0.25) is 4.79 Å². The van der Waals surface area contributed by atoms with Crippen molar-refractivity contribution in [1.29, 1.82) is 0 Å². The van der Waals surface area contributed by atoms with E-state index in [0.29, 0.717) is 17.1 Å². The summed E-state index contributed by atoms with van der Waals surface area (Å²) in [5.74, 6) is 1.96. The highest BCUT2D eigenvalue weighted by Gasteiger charge is 2.30. The molecule has 0 saturated heterocycles. The van der Waals surface area contributed by atoms with Crippen LogP contribution in [0.3, 0.4) is 0 Å². The van der Waals surface area contributed by atoms with Crippen molar-refractivity contribution < 1.29 is 37.6 Å². The van der Waals surface area contributed by atoms with Crippen molar-refractivity contribution in [2.45, 2.75) is 6.92 Å². The van der Waals surface area contributed by atoms with Crippen LogP contribution in [-0.2, 0) is 0 Å². The molecule has 3 rings (SSSR count). The third kappa shape index (κ3) is 3.59. The Morgan fingerprint density at radius 1 is 0.719 bits per heavy atom. The summed E-state index contributed by atoms with van der Waals surface area (Å²) < 4.78 is 44.6. The maximum Gasteiger partial charge on any atom is 0.239 e. The zero-order valence-corrected chi connectivity index (χ0v) is 19.1. The molecule has 0 fully saturated rings. The second-order valence-corrected chi connectivity index (χ2v) is 6.43. The molecule has 0 aliphatic heterocycles. The zero-order valence-electron chi connectivity index (χ0n) is 19.1. The maximum atomic E-state index is 13.6. The molecule has 0 saturated carbocycles. The highest BCUT2D eigenvalue weighted by atomic mass is 16.5. The highest BCUT2D eigenvalue weighted by Crippen LogP contribution is 2.51. The summed E-state index contributed by atoms with van der Waals surface area (Å²) in [4.78, 5) is 13.6. The van der Waals surface area contributed by atoms with Crippen LogP contribution in [0, 0.1) is 0 Å². The summed E-state index contributed by atoms with van der Waals surface area (Å²) in [6, 6.07) is 5.13. The fourth-order valence-electron chi connectivity index (χ4n) is 3.50. The topological polar surface area (TPSA) is 94.8 Å². The van der Waals surface area contributed by atoms with Crippen LogP contribution in [-0.4, -0.2) is 49.3 Å². The molecule has 0 unspecified atom stereocenters. The van der Waals surface area contributed by atoms with Crippen LogP contribution in [0.1, 0.15) is 6.92 Å². The smallest absolute Gasteiger partial charge is 0.239 e. The molecule has 32 heavy (non-hydrogen) atoms. The number of fused-ring (bicyclic) bond motifs is 1. The van der Waals surface area contributed by atoms with Gasteiger partial charge in [0.1, 0.15) is 5.39 Å². The first-order chi connectivity index (χ1) is 15.5. The van der Waals surface area contributed by atoms with Crippen LogP contribution in [0.15, 0.2) is 27.4 Å². The first-order valence-corrected chi connectivity index (χ1v) is 9.72. The highest BCUT2D eigenvalue weighted by molar-refractivity contribution is 5.97. The quantitative estimate of drug-likeness (QED) is 0.485. The van der Waals surface area contributed by atoms with Gasteiger partial charge in [-0.05, 0) is 25.1 Å². The van der Waals surface area contributed by atoms with E-state index in [0.717, 1.165) is 0 Å². The van der Waals surface area contributed by atoms with E-state index in [4.69, 9.17) is 37.6 Å². The lowest BCUT2D eigenvalue weighted by molar-refractivity contribution is 0.304. The van der Waals surface area contributed by atoms with Gasteiger partial charge >= 0.3 is 0 Å². The summed E-state index contributed by atoms with van der Waals surface area (Å²) in [6.45, 7) is 2.01. The van der Waals surface area contributed by atoms with E-state index >= 15 is 0 Å². The van der Waals surface area contributed by atoms with E-state index in [2.05, 4.69) is 0 Å². The number of ether oxygens (including phenoxy) is 7. The molecule has 1 aromatic heterocycles. The van der Waals surface area contributed by atoms with Gasteiger partial charge in [0.2, 0.25) is 28.4 Å². The fourth-order valence-corrected chi connectivity index (χ4v) is 3.50. The van der Waals surface area contributed by atoms with E-state index < -0.39 is 5.43 Å². The monoisotopic (exact) mass is 446 g/mol. The number of hydrogen-bond donors (Lipinski definition) is 0. The van der Waals surface area contributed by atoms with Crippen LogP contribution in [0.5, 0.6) is 40.2 Å². The Hall–Kier alpha value is -3.75. The molecular weight excluding hydrogens is 420 g/mol. The van der Waals surface area contributed by atoms with Gasteiger partial charge in [0, 0.05) is 5.56 Å². The molecule has 0 spiro atoms. The first-order valence-electron chi connectivity index (χ1n) is 9.72. The van der Waals surface area contributed by atoms with Gasteiger partial charge in [0.15, 0.2) is 28.6 Å². The van der Waals surface area contributed by atoms with E-state index in [1.165, 1.54) is 42.7 Å². The van der Waals surface area contributed by atoms with Crippen molar-refractivity contribution in [3.8, 4) is 51.6 Å². The number of benzene rings is 2. The van der Waals surface area contributed by atoms with Crippen LogP contribution in [0.2, 0.25) is 0 Å². The molecule has 0 radical (unpaired) electrons. The van der Waals surface area contributed by atoms with Gasteiger partial charge in [0.05, 0.1) is 49.3 Å². The minimum Gasteiger partial charge on any atom is -0.493 e. The second-order valence-electron chi connectivity index (χ2n) is 6.43. The van der Waals surface area contributed by atoms with E-state index in [9.17, 15) is 4.79 Å². The van der Waals surface area contributed by atoms with Crippen LogP contribution in [0.25, 0.3) is 22.3 Å². The number of hydrogen-bond acceptors (Lipinski definition) is 9. The number of rotatable bonds is 9. The van der Waals surface area contributed by atoms with Gasteiger partial charge in [-0.25, -0.2) is 0 Å². The summed E-state index contributed by atoms with van der Waals surface area (Å²) in [6.07, 6.45) is 0. The van der Waals surface area contributed by atoms with Gasteiger partial charge in [-0.1, -0.05) is 0 Å². The molecule has 2 aromatic carbocycles. The standard InChI is InChI=1S/C23H26O9/c1-8-31-20-16(24)15-18(27-4)21(28-5)23(30-7)22(29-6)19(15)32-17(20)12-9-10-13(25-2)14(11-12)26-3/h9-11H,8H2,1-7H3. The molecule has 0 amide bonds. The Labute approximate surface area is 185 Å². The van der Waals surface area contributed by atoms with Gasteiger partial charge in [-0.2, -0.15) is 0 Å². The first kappa shape index (κ1) is 22.9. The SMILES string of the molecule is CCOc1c(-c2ccc(OC)c(OC)c2)oc2c(OC)c(OC)c(OC)c(OC)c2c1=O. The molecule has 172 valence electrons. The van der Waals surface area contributed by atoms with Crippen molar-refractivity contribution >= 4 is 11.0 Å². The number of methoxy groups -OCH3 is 6. The minimum atomic E-state index is -0.450. The van der Waals surface area contributed by atoms with Crippen molar-refractivity contribution in [3.05, 3.63) is 28.4 Å². The molecule has 0 N–H and O–H groups in total. The molecular formula is C23H26O9. The maximum absolute atomic E-state index is 13.6. The Kier molecular flexibility index (Phi) is 6.87. The lowest BCUT2D eigenvalue weighted by atomic mass is 10.1. The van der Waals surface area contributed by atoms with Crippen LogP contribution >= 0.6 is 0 Å². The third-order valence-electron chi connectivity index (χ3n) is 4.87. The summed E-state index contributed by atoms with van der Waals surface area (Å²) in [5.41, 5.74) is 0.218. The molecule has 0 aliphatic carbocycles. The summed E-state index contributed by atoms with van der Waals surface area (Å²) in [7, 11) is 8.81. The average Bonchev–Trinajstić information content (AvgIpc) is 2.83. The predicted octanol–water partition coefficient (Wildman–Crippen LogP) is 3.91. The largest absolute Gasteiger partial charge is 0.493 e. The van der Waals surface area contributed by atoms with Gasteiger partial charge < -0.3 is 37.6 Å². The van der Waals surface area contributed by atoms with Crippen molar-refractivity contribution in [3.63, 3.8) is 0 Å². The van der Waals surface area contributed by atoms with Crippen molar-refractivity contribution in [1.82, 2.24) is 0 Å². The molecule has 9 nitrogen and oxygen atoms in total. The van der Waals surface area contributed by atoms with Crippen LogP contribution in [0.4, 0.5) is 0 Å². The normalized spacial score (nSPS) is 10.6. The molecule has 9 heteroatoms. The Balaban J connectivity index is 2.51. The Morgan fingerprint density at radius 3 is 1.84 bits per heavy atom. The molecule has 0 atom stereocenters. The zero-order chi connectivity index (χ0) is 23.4. The van der Waals surface area contributed by atoms with Gasteiger partial charge in [-0.15, -0.1) is 0 Å². The van der Waals surface area contributed by atoms with Crippen molar-refractivity contribution in [2.75, 3.05) is 49.3 Å². The van der Waals surface area contributed by atoms with E-state index in [1.54, 1.807) is 25.1 Å². The lowest BCUT2D eigenvalue weighted by Crippen LogP contribution is -2.12. The van der Waals surface area contributed by atoms with E-state index in [-0.39, 0.29) is 52.1 Å². The Morgan fingerprint density at radius 2 is 1.31 bits per heavy atom. The fraction of sp³-hybridized carbons (Fsp3) is 0.348. The molecule has 0 aliphatic rings. The second kappa shape index (κ2) is 9.59. The third-order valence-corrected chi connectivity index (χ3v) is 4.87. The molecule has 1 heterocycles.